The van der Waals surface area contributed by atoms with Gasteiger partial charge >= 0.3 is 0 Å². The second kappa shape index (κ2) is 5.28. The van der Waals surface area contributed by atoms with Crippen LogP contribution in [0.3, 0.4) is 0 Å². The number of aromatic nitrogens is 1. The van der Waals surface area contributed by atoms with Crippen molar-refractivity contribution in [3.63, 3.8) is 0 Å². The van der Waals surface area contributed by atoms with Crippen molar-refractivity contribution in [3.05, 3.63) is 50.6 Å². The Hall–Kier alpha value is -1.44. The van der Waals surface area contributed by atoms with Crippen LogP contribution in [0.15, 0.2) is 39.5 Å². The van der Waals surface area contributed by atoms with E-state index in [2.05, 4.69) is 4.98 Å². The molecule has 0 saturated heterocycles. The van der Waals surface area contributed by atoms with Gasteiger partial charge in [0.2, 0.25) is 15.6 Å². The van der Waals surface area contributed by atoms with Crippen molar-refractivity contribution in [1.82, 2.24) is 9.29 Å². The molecule has 2 aromatic heterocycles. The Labute approximate surface area is 115 Å². The zero-order valence-electron chi connectivity index (χ0n) is 10.6. The summed E-state index contributed by atoms with van der Waals surface area (Å²) in [6.45, 7) is 2.28. The topological polar surface area (TPSA) is 70.2 Å². The first-order valence-electron chi connectivity index (χ1n) is 5.59. The molecule has 0 radical (unpaired) electrons. The van der Waals surface area contributed by atoms with Crippen LogP contribution >= 0.6 is 11.3 Å². The quantitative estimate of drug-likeness (QED) is 0.931. The fraction of sp³-hybridized carbons (Fsp3) is 0.250. The fourth-order valence-corrected chi connectivity index (χ4v) is 3.74. The van der Waals surface area contributed by atoms with Gasteiger partial charge in [-0.15, -0.1) is 11.3 Å². The lowest BCUT2D eigenvalue weighted by Crippen LogP contribution is -2.27. The second-order valence-corrected chi connectivity index (χ2v) is 7.22. The summed E-state index contributed by atoms with van der Waals surface area (Å²) in [7, 11) is -2.05. The summed E-state index contributed by atoms with van der Waals surface area (Å²) in [6, 6.07) is 4.48. The molecule has 19 heavy (non-hydrogen) atoms. The lowest BCUT2D eigenvalue weighted by Gasteiger charge is -2.16. The molecular weight excluding hydrogens is 284 g/mol. The number of rotatable bonds is 4. The van der Waals surface area contributed by atoms with Crippen LogP contribution in [-0.2, 0) is 16.6 Å². The van der Waals surface area contributed by atoms with Crippen molar-refractivity contribution in [2.24, 2.45) is 0 Å². The van der Waals surface area contributed by atoms with E-state index >= 15 is 0 Å². The lowest BCUT2D eigenvalue weighted by molar-refractivity contribution is 0.468. The second-order valence-electron chi connectivity index (χ2n) is 4.18. The maximum absolute atomic E-state index is 12.3. The number of nitrogens with one attached hydrogen (secondary N) is 1. The van der Waals surface area contributed by atoms with Gasteiger partial charge in [0.05, 0.1) is 4.90 Å². The highest BCUT2D eigenvalue weighted by Gasteiger charge is 2.21. The van der Waals surface area contributed by atoms with Crippen LogP contribution < -0.4 is 5.56 Å². The predicted molar refractivity (Wildman–Crippen MR) is 74.8 cm³/mol. The van der Waals surface area contributed by atoms with Gasteiger partial charge in [-0.1, -0.05) is 0 Å². The van der Waals surface area contributed by atoms with Crippen molar-refractivity contribution >= 4 is 21.4 Å². The van der Waals surface area contributed by atoms with Gasteiger partial charge in [-0.3, -0.25) is 4.79 Å². The van der Waals surface area contributed by atoms with Gasteiger partial charge in [0, 0.05) is 30.7 Å². The number of hydrogen-bond donors (Lipinski definition) is 1. The van der Waals surface area contributed by atoms with Gasteiger partial charge in [0.1, 0.15) is 0 Å². The normalized spacial score (nSPS) is 11.9. The van der Waals surface area contributed by atoms with Crippen LogP contribution in [0.1, 0.15) is 10.4 Å². The van der Waals surface area contributed by atoms with Gasteiger partial charge in [0.15, 0.2) is 0 Å². The Balaban J connectivity index is 2.27. The van der Waals surface area contributed by atoms with Crippen molar-refractivity contribution in [3.8, 4) is 0 Å². The fourth-order valence-electron chi connectivity index (χ4n) is 1.59. The Bertz CT molecular complexity index is 711. The molecule has 2 rings (SSSR count). The van der Waals surface area contributed by atoms with Crippen LogP contribution in [0.25, 0.3) is 0 Å². The molecule has 0 aliphatic heterocycles. The van der Waals surface area contributed by atoms with Crippen LogP contribution in [0.2, 0.25) is 0 Å². The summed E-state index contributed by atoms with van der Waals surface area (Å²) in [5.41, 5.74) is 0.754. The highest BCUT2D eigenvalue weighted by Crippen LogP contribution is 2.20. The van der Waals surface area contributed by atoms with Crippen LogP contribution in [0.5, 0.6) is 0 Å². The molecule has 7 heteroatoms. The first-order chi connectivity index (χ1) is 8.91. The zero-order chi connectivity index (χ0) is 14.0. The van der Waals surface area contributed by atoms with E-state index in [9.17, 15) is 13.2 Å². The summed E-state index contributed by atoms with van der Waals surface area (Å²) < 4.78 is 25.9. The summed E-state index contributed by atoms with van der Waals surface area (Å²) in [6.07, 6.45) is 1.22. The molecule has 1 N–H and O–H groups in total. The monoisotopic (exact) mass is 298 g/mol. The summed E-state index contributed by atoms with van der Waals surface area (Å²) in [4.78, 5) is 14.4. The average molecular weight is 298 g/mol. The molecule has 0 spiro atoms. The van der Waals surface area contributed by atoms with E-state index in [-0.39, 0.29) is 10.5 Å². The molecule has 0 saturated carbocycles. The number of pyridine rings is 1. The van der Waals surface area contributed by atoms with E-state index in [0.29, 0.717) is 6.54 Å². The molecule has 102 valence electrons. The third-order valence-corrected chi connectivity index (χ3v) is 5.61. The molecule has 0 aromatic carbocycles. The first kappa shape index (κ1) is 14.0. The number of nitrogens with zero attached hydrogens (tertiary/aromatic N) is 1. The molecule has 0 atom stereocenters. The highest BCUT2D eigenvalue weighted by atomic mass is 32.2. The van der Waals surface area contributed by atoms with Crippen molar-refractivity contribution in [2.45, 2.75) is 18.4 Å². The molecule has 2 heterocycles. The number of aryl methyl sites for hydroxylation is 1. The minimum atomic E-state index is -3.58. The molecule has 0 unspecified atom stereocenters. The van der Waals surface area contributed by atoms with E-state index in [1.165, 1.54) is 41.0 Å². The molecule has 5 nitrogen and oxygen atoms in total. The zero-order valence-corrected chi connectivity index (χ0v) is 12.2. The maximum Gasteiger partial charge on any atom is 0.247 e. The molecule has 0 aliphatic rings. The van der Waals surface area contributed by atoms with Crippen LogP contribution in [0, 0.1) is 6.92 Å². The standard InChI is InChI=1S/C12H14N2O3S2/c1-9-5-6-18-11(9)8-14(2)19(16,17)10-3-4-12(15)13-7-10/h3-7H,8H2,1-2H3,(H,13,15). The Morgan fingerprint density at radius 3 is 2.58 bits per heavy atom. The molecular formula is C12H14N2O3S2. The van der Waals surface area contributed by atoms with Gasteiger partial charge in [-0.05, 0) is 30.0 Å². The number of sulfonamides is 1. The minimum Gasteiger partial charge on any atom is -0.328 e. The predicted octanol–water partition coefficient (Wildman–Crippen LogP) is 1.57. The van der Waals surface area contributed by atoms with Crippen LogP contribution in [-0.4, -0.2) is 24.8 Å². The molecule has 0 fully saturated rings. The third-order valence-electron chi connectivity index (χ3n) is 2.80. The number of H-pyrrole nitrogens is 1. The molecule has 0 amide bonds. The maximum atomic E-state index is 12.3. The van der Waals surface area contributed by atoms with Crippen molar-refractivity contribution in [2.75, 3.05) is 7.05 Å². The van der Waals surface area contributed by atoms with Crippen LogP contribution in [0.4, 0.5) is 0 Å². The first-order valence-corrected chi connectivity index (χ1v) is 7.91. The van der Waals surface area contributed by atoms with E-state index in [0.717, 1.165) is 10.4 Å². The van der Waals surface area contributed by atoms with E-state index in [1.807, 2.05) is 18.4 Å². The summed E-state index contributed by atoms with van der Waals surface area (Å²) >= 11 is 1.53. The average Bonchev–Trinajstić information content (AvgIpc) is 2.75. The summed E-state index contributed by atoms with van der Waals surface area (Å²) in [5, 5.41) is 1.94. The summed E-state index contributed by atoms with van der Waals surface area (Å²) in [5.74, 6) is 0. The highest BCUT2D eigenvalue weighted by molar-refractivity contribution is 7.89. The van der Waals surface area contributed by atoms with E-state index in [1.54, 1.807) is 0 Å². The van der Waals surface area contributed by atoms with E-state index in [4.69, 9.17) is 0 Å². The molecule has 0 aliphatic carbocycles. The van der Waals surface area contributed by atoms with Gasteiger partial charge in [0.25, 0.3) is 0 Å². The van der Waals surface area contributed by atoms with Crippen molar-refractivity contribution in [1.29, 1.82) is 0 Å². The minimum absolute atomic E-state index is 0.0869. The Kier molecular flexibility index (Phi) is 3.88. The Morgan fingerprint density at radius 2 is 2.05 bits per heavy atom. The SMILES string of the molecule is Cc1ccsc1CN(C)S(=O)(=O)c1ccc(=O)[nH]c1. The Morgan fingerprint density at radius 1 is 1.32 bits per heavy atom. The van der Waals surface area contributed by atoms with Gasteiger partial charge < -0.3 is 4.98 Å². The van der Waals surface area contributed by atoms with Gasteiger partial charge in [-0.2, -0.15) is 4.31 Å². The number of aromatic amines is 1. The molecule has 0 bridgehead atoms. The largest absolute Gasteiger partial charge is 0.328 e. The smallest absolute Gasteiger partial charge is 0.247 e. The number of thiophene rings is 1. The number of hydrogen-bond acceptors (Lipinski definition) is 4. The lowest BCUT2D eigenvalue weighted by atomic mass is 10.3. The van der Waals surface area contributed by atoms with Gasteiger partial charge in [-0.25, -0.2) is 8.42 Å². The third kappa shape index (κ3) is 2.94. The van der Waals surface area contributed by atoms with Crippen molar-refractivity contribution < 1.29 is 8.42 Å². The molecule has 2 aromatic rings. The van der Waals surface area contributed by atoms with E-state index < -0.39 is 10.0 Å².